The van der Waals surface area contributed by atoms with E-state index in [9.17, 15) is 4.79 Å². The number of hydrogen-bond donors (Lipinski definition) is 1. The summed E-state index contributed by atoms with van der Waals surface area (Å²) < 4.78 is 1.79. The van der Waals surface area contributed by atoms with Crippen LogP contribution in [0.15, 0.2) is 54.7 Å². The fraction of sp³-hybridized carbons (Fsp3) is 0.261. The molecule has 2 heterocycles. The summed E-state index contributed by atoms with van der Waals surface area (Å²) in [5.41, 5.74) is 6.04. The number of carbonyl (C=O) groups excluding carboxylic acids is 1. The Morgan fingerprint density at radius 3 is 2.61 bits per heavy atom. The third kappa shape index (κ3) is 2.74. The van der Waals surface area contributed by atoms with Crippen molar-refractivity contribution in [2.45, 2.75) is 38.5 Å². The zero-order valence-corrected chi connectivity index (χ0v) is 16.0. The second-order valence-electron chi connectivity index (χ2n) is 7.84. The van der Waals surface area contributed by atoms with E-state index in [1.807, 2.05) is 24.3 Å². The van der Waals surface area contributed by atoms with E-state index >= 15 is 0 Å². The number of H-pyrrole nitrogens is 1. The van der Waals surface area contributed by atoms with Crippen LogP contribution in [0.5, 0.6) is 0 Å². The molecule has 4 aromatic rings. The smallest absolute Gasteiger partial charge is 0.229 e. The zero-order valence-electron chi connectivity index (χ0n) is 16.0. The lowest BCUT2D eigenvalue weighted by Gasteiger charge is -2.23. The highest BCUT2D eigenvalue weighted by atomic mass is 16.1. The topological polar surface area (TPSA) is 63.6 Å². The van der Waals surface area contributed by atoms with Gasteiger partial charge in [0.25, 0.3) is 0 Å². The van der Waals surface area contributed by atoms with Crippen LogP contribution in [-0.4, -0.2) is 25.5 Å². The van der Waals surface area contributed by atoms with E-state index < -0.39 is 0 Å². The number of rotatable bonds is 3. The molecule has 0 spiro atoms. The van der Waals surface area contributed by atoms with Crippen molar-refractivity contribution in [1.82, 2.24) is 19.7 Å². The molecule has 5 heteroatoms. The van der Waals surface area contributed by atoms with Gasteiger partial charge in [-0.15, -0.1) is 0 Å². The number of hydrogen-bond acceptors (Lipinski definition) is 3. The third-order valence-electron chi connectivity index (χ3n) is 5.69. The summed E-state index contributed by atoms with van der Waals surface area (Å²) in [7, 11) is 0. The predicted molar refractivity (Wildman–Crippen MR) is 109 cm³/mol. The molecule has 1 atom stereocenters. The Morgan fingerprint density at radius 2 is 1.86 bits per heavy atom. The summed E-state index contributed by atoms with van der Waals surface area (Å²) in [5, 5.41) is 4.48. The summed E-state index contributed by atoms with van der Waals surface area (Å²) in [6.07, 6.45) is 2.99. The molecule has 0 aliphatic heterocycles. The first-order valence-corrected chi connectivity index (χ1v) is 9.75. The van der Waals surface area contributed by atoms with Crippen molar-refractivity contribution < 1.29 is 4.79 Å². The molecule has 1 aliphatic carbocycles. The Hall–Kier alpha value is -3.21. The number of aromatic amines is 1. The quantitative estimate of drug-likeness (QED) is 0.564. The maximum absolute atomic E-state index is 12.8. The Labute approximate surface area is 163 Å². The fourth-order valence-corrected chi connectivity index (χ4v) is 4.05. The first kappa shape index (κ1) is 16.9. The minimum Gasteiger partial charge on any atom is -0.322 e. The maximum Gasteiger partial charge on any atom is 0.229 e. The van der Waals surface area contributed by atoms with Crippen LogP contribution in [0.3, 0.4) is 0 Å². The number of benzene rings is 2. The van der Waals surface area contributed by atoms with Crippen LogP contribution in [0.1, 0.15) is 59.3 Å². The number of nitrogens with one attached hydrogen (secondary N) is 1. The highest BCUT2D eigenvalue weighted by Crippen LogP contribution is 2.34. The molecule has 2 aromatic heterocycles. The Balaban J connectivity index is 1.52. The van der Waals surface area contributed by atoms with E-state index in [-0.39, 0.29) is 11.7 Å². The number of para-hydroxylation sites is 2. The van der Waals surface area contributed by atoms with Gasteiger partial charge in [0.1, 0.15) is 0 Å². The van der Waals surface area contributed by atoms with Crippen LogP contribution in [0.2, 0.25) is 0 Å². The van der Waals surface area contributed by atoms with Crippen LogP contribution >= 0.6 is 0 Å². The minimum atomic E-state index is 0.154. The summed E-state index contributed by atoms with van der Waals surface area (Å²) in [6, 6.07) is 16.6. The largest absolute Gasteiger partial charge is 0.322 e. The molecule has 28 heavy (non-hydrogen) atoms. The molecule has 5 nitrogen and oxygen atoms in total. The van der Waals surface area contributed by atoms with Gasteiger partial charge in [-0.1, -0.05) is 50.2 Å². The lowest BCUT2D eigenvalue weighted by Crippen LogP contribution is -2.20. The van der Waals surface area contributed by atoms with Crippen molar-refractivity contribution in [3.63, 3.8) is 0 Å². The number of imidazole rings is 1. The summed E-state index contributed by atoms with van der Waals surface area (Å²) in [6.45, 7) is 4.38. The van der Waals surface area contributed by atoms with Crippen molar-refractivity contribution >= 4 is 16.8 Å². The molecular weight excluding hydrogens is 348 g/mol. The number of aromatic nitrogens is 4. The number of nitrogens with zero attached hydrogens (tertiary/aromatic N) is 3. The molecule has 0 radical (unpaired) electrons. The molecule has 1 N–H and O–H groups in total. The van der Waals surface area contributed by atoms with Gasteiger partial charge in [0.05, 0.1) is 28.5 Å². The number of Topliss-reactive ketones (excluding diaryl/α,β-unsaturated/α-hetero) is 1. The standard InChI is InChI=1S/C23H22N4O/c1-14(2)15-7-9-16(10-8-15)17-11-21-18(22(28)12-17)13-24-27(21)23-25-19-5-3-4-6-20(19)26-23/h3-10,13-14,17H,11-12H2,1-2H3,(H,25,26)/t17-/m1/s1. The summed E-state index contributed by atoms with van der Waals surface area (Å²) in [5.74, 6) is 1.48. The number of carbonyl (C=O) groups is 1. The van der Waals surface area contributed by atoms with Gasteiger partial charge in [-0.2, -0.15) is 5.10 Å². The van der Waals surface area contributed by atoms with Crippen molar-refractivity contribution in [2.24, 2.45) is 0 Å². The highest BCUT2D eigenvalue weighted by molar-refractivity contribution is 5.98. The molecule has 0 saturated carbocycles. The monoisotopic (exact) mass is 370 g/mol. The van der Waals surface area contributed by atoms with Crippen molar-refractivity contribution in [3.05, 3.63) is 77.1 Å². The van der Waals surface area contributed by atoms with E-state index in [2.05, 4.69) is 53.2 Å². The Morgan fingerprint density at radius 1 is 1.07 bits per heavy atom. The average Bonchev–Trinajstić information content (AvgIpc) is 3.32. The number of ketones is 1. The van der Waals surface area contributed by atoms with Gasteiger partial charge in [-0.05, 0) is 41.5 Å². The third-order valence-corrected chi connectivity index (χ3v) is 5.69. The predicted octanol–water partition coefficient (Wildman–Crippen LogP) is 4.78. The Kier molecular flexibility index (Phi) is 3.90. The molecule has 0 saturated heterocycles. The average molecular weight is 370 g/mol. The lowest BCUT2D eigenvalue weighted by molar-refractivity contribution is 0.0963. The molecule has 0 amide bonds. The van der Waals surface area contributed by atoms with E-state index in [4.69, 9.17) is 0 Å². The van der Waals surface area contributed by atoms with Gasteiger partial charge in [-0.3, -0.25) is 4.79 Å². The fourth-order valence-electron chi connectivity index (χ4n) is 4.05. The maximum atomic E-state index is 12.8. The summed E-state index contributed by atoms with van der Waals surface area (Å²) in [4.78, 5) is 20.7. The normalized spacial score (nSPS) is 16.7. The van der Waals surface area contributed by atoms with Crippen LogP contribution < -0.4 is 0 Å². The van der Waals surface area contributed by atoms with Gasteiger partial charge >= 0.3 is 0 Å². The first-order valence-electron chi connectivity index (χ1n) is 9.75. The van der Waals surface area contributed by atoms with Crippen LogP contribution in [0.25, 0.3) is 17.0 Å². The lowest BCUT2D eigenvalue weighted by atomic mass is 9.82. The number of fused-ring (bicyclic) bond motifs is 2. The van der Waals surface area contributed by atoms with Crippen LogP contribution in [0.4, 0.5) is 0 Å². The van der Waals surface area contributed by atoms with Gasteiger partial charge in [-0.25, -0.2) is 9.67 Å². The van der Waals surface area contributed by atoms with Crippen LogP contribution in [0, 0.1) is 0 Å². The van der Waals surface area contributed by atoms with Gasteiger partial charge in [0.2, 0.25) is 5.95 Å². The van der Waals surface area contributed by atoms with Crippen molar-refractivity contribution in [3.8, 4) is 5.95 Å². The van der Waals surface area contributed by atoms with Gasteiger partial charge < -0.3 is 4.98 Å². The summed E-state index contributed by atoms with van der Waals surface area (Å²) >= 11 is 0. The minimum absolute atomic E-state index is 0.154. The van der Waals surface area contributed by atoms with E-state index in [0.29, 0.717) is 18.3 Å². The van der Waals surface area contributed by atoms with E-state index in [1.54, 1.807) is 10.9 Å². The molecule has 0 unspecified atom stereocenters. The van der Waals surface area contributed by atoms with E-state index in [0.717, 1.165) is 28.7 Å². The SMILES string of the molecule is CC(C)c1ccc([C@H]2CC(=O)c3cnn(-c4nc5ccccc5[nH]4)c3C2)cc1. The highest BCUT2D eigenvalue weighted by Gasteiger charge is 2.30. The molecule has 1 aliphatic rings. The Bertz CT molecular complexity index is 1130. The molecule has 140 valence electrons. The molecule has 5 rings (SSSR count). The van der Waals surface area contributed by atoms with Gasteiger partial charge in [0, 0.05) is 6.42 Å². The van der Waals surface area contributed by atoms with E-state index in [1.165, 1.54) is 11.1 Å². The second kappa shape index (κ2) is 6.44. The van der Waals surface area contributed by atoms with Gasteiger partial charge in [0.15, 0.2) is 5.78 Å². The first-order chi connectivity index (χ1) is 13.6. The molecule has 0 bridgehead atoms. The molecule has 0 fully saturated rings. The van der Waals surface area contributed by atoms with Crippen LogP contribution in [-0.2, 0) is 6.42 Å². The van der Waals surface area contributed by atoms with Crippen molar-refractivity contribution in [2.75, 3.05) is 0 Å². The molecule has 2 aromatic carbocycles. The second-order valence-corrected chi connectivity index (χ2v) is 7.84. The van der Waals surface area contributed by atoms with Crippen molar-refractivity contribution in [1.29, 1.82) is 0 Å². The zero-order chi connectivity index (χ0) is 19.3. The molecular formula is C23H22N4O.